The van der Waals surface area contributed by atoms with Crippen molar-refractivity contribution < 1.29 is 13.6 Å². The number of benzene rings is 2. The van der Waals surface area contributed by atoms with E-state index in [2.05, 4.69) is 20.5 Å². The minimum Gasteiger partial charge on any atom is -0.334 e. The van der Waals surface area contributed by atoms with Gasteiger partial charge in [0.25, 0.3) is 0 Å². The molecule has 1 atom stereocenters. The van der Waals surface area contributed by atoms with Crippen molar-refractivity contribution in [2.45, 2.75) is 38.4 Å². The molecule has 2 aromatic heterocycles. The lowest BCUT2D eigenvalue weighted by Crippen LogP contribution is -2.52. The number of aromatic nitrogens is 3. The predicted molar refractivity (Wildman–Crippen MR) is 145 cm³/mol. The molecule has 0 saturated carbocycles. The maximum absolute atomic E-state index is 14.1. The topological polar surface area (TPSA) is 77.2 Å². The first-order valence-corrected chi connectivity index (χ1v) is 13.3. The molecular formula is C30H30F2N6O. The minimum atomic E-state index is -0.536. The predicted octanol–water partition coefficient (Wildman–Crippen LogP) is 5.15. The number of pyridine rings is 1. The zero-order valence-corrected chi connectivity index (χ0v) is 21.5. The van der Waals surface area contributed by atoms with Crippen LogP contribution in [0.4, 0.5) is 13.6 Å². The van der Waals surface area contributed by atoms with Crippen molar-refractivity contribution in [3.8, 4) is 22.5 Å². The molecule has 0 spiro atoms. The minimum absolute atomic E-state index is 0.0758. The van der Waals surface area contributed by atoms with Gasteiger partial charge in [0.2, 0.25) is 0 Å². The number of amides is 2. The number of halogens is 2. The highest BCUT2D eigenvalue weighted by Crippen LogP contribution is 2.29. The largest absolute Gasteiger partial charge is 0.334 e. The number of nitrogens with one attached hydrogen (secondary N) is 2. The summed E-state index contributed by atoms with van der Waals surface area (Å²) in [6, 6.07) is 17.7. The Morgan fingerprint density at radius 1 is 1.00 bits per heavy atom. The third-order valence-electron chi connectivity index (χ3n) is 7.60. The molecule has 6 rings (SSSR count). The van der Waals surface area contributed by atoms with E-state index >= 15 is 0 Å². The number of aromatic amines is 1. The number of rotatable bonds is 5. The highest BCUT2D eigenvalue weighted by atomic mass is 19.1. The lowest BCUT2D eigenvalue weighted by atomic mass is 10.0. The van der Waals surface area contributed by atoms with Gasteiger partial charge in [0, 0.05) is 66.2 Å². The highest BCUT2D eigenvalue weighted by molar-refractivity contribution is 5.76. The molecule has 1 fully saturated rings. The summed E-state index contributed by atoms with van der Waals surface area (Å²) in [7, 11) is 0. The Kier molecular flexibility index (Phi) is 7.06. The molecule has 9 heteroatoms. The number of urea groups is 1. The first kappa shape index (κ1) is 25.2. The van der Waals surface area contributed by atoms with Crippen LogP contribution >= 0.6 is 0 Å². The van der Waals surface area contributed by atoms with Crippen molar-refractivity contribution in [2.24, 2.45) is 0 Å². The van der Waals surface area contributed by atoms with E-state index < -0.39 is 11.6 Å². The molecule has 0 bridgehead atoms. The number of hydrogen-bond donors (Lipinski definition) is 2. The van der Waals surface area contributed by atoms with E-state index in [4.69, 9.17) is 0 Å². The fourth-order valence-electron chi connectivity index (χ4n) is 5.51. The van der Waals surface area contributed by atoms with Crippen LogP contribution in [0.1, 0.15) is 29.7 Å². The van der Waals surface area contributed by atoms with Crippen molar-refractivity contribution in [1.82, 2.24) is 30.3 Å². The monoisotopic (exact) mass is 528 g/mol. The van der Waals surface area contributed by atoms with Crippen LogP contribution in [0.25, 0.3) is 22.5 Å². The Morgan fingerprint density at radius 2 is 1.82 bits per heavy atom. The second kappa shape index (κ2) is 10.9. The average molecular weight is 529 g/mol. The van der Waals surface area contributed by atoms with Crippen molar-refractivity contribution in [3.63, 3.8) is 0 Å². The quantitative estimate of drug-likeness (QED) is 0.376. The van der Waals surface area contributed by atoms with Gasteiger partial charge in [-0.2, -0.15) is 5.10 Å². The molecule has 2 N–H and O–H groups in total. The molecular weight excluding hydrogens is 498 g/mol. The Morgan fingerprint density at radius 3 is 2.59 bits per heavy atom. The maximum Gasteiger partial charge on any atom is 0.317 e. The molecule has 2 amide bonds. The lowest BCUT2D eigenvalue weighted by molar-refractivity contribution is 0.158. The van der Waals surface area contributed by atoms with Crippen LogP contribution in [0.5, 0.6) is 0 Å². The van der Waals surface area contributed by atoms with Crippen LogP contribution in [0.15, 0.2) is 66.9 Å². The maximum atomic E-state index is 14.1. The number of nitrogens with zero attached hydrogens (tertiary/aromatic N) is 4. The first-order valence-electron chi connectivity index (χ1n) is 13.3. The van der Waals surface area contributed by atoms with E-state index in [-0.39, 0.29) is 24.2 Å². The van der Waals surface area contributed by atoms with Crippen molar-refractivity contribution in [3.05, 3.63) is 95.3 Å². The Hall–Kier alpha value is -4.11. The van der Waals surface area contributed by atoms with E-state index in [0.29, 0.717) is 26.1 Å². The van der Waals surface area contributed by atoms with Gasteiger partial charge in [-0.3, -0.25) is 15.0 Å². The summed E-state index contributed by atoms with van der Waals surface area (Å²) in [6.07, 6.45) is 4.20. The molecule has 0 radical (unpaired) electrons. The summed E-state index contributed by atoms with van der Waals surface area (Å²) in [5.74, 6) is -1.07. The van der Waals surface area contributed by atoms with Gasteiger partial charge in [0.15, 0.2) is 0 Å². The third kappa shape index (κ3) is 5.40. The van der Waals surface area contributed by atoms with Gasteiger partial charge in [0.05, 0.1) is 17.9 Å². The second-order valence-corrected chi connectivity index (χ2v) is 10.2. The van der Waals surface area contributed by atoms with Gasteiger partial charge >= 0.3 is 6.03 Å². The molecule has 2 aromatic carbocycles. The van der Waals surface area contributed by atoms with Gasteiger partial charge in [-0.25, -0.2) is 13.6 Å². The summed E-state index contributed by atoms with van der Waals surface area (Å²) in [6.45, 7) is 2.51. The van der Waals surface area contributed by atoms with Crippen LogP contribution in [0.3, 0.4) is 0 Å². The van der Waals surface area contributed by atoms with Gasteiger partial charge in [-0.15, -0.1) is 0 Å². The molecule has 2 aliphatic rings. The van der Waals surface area contributed by atoms with E-state index in [9.17, 15) is 13.6 Å². The second-order valence-electron chi connectivity index (χ2n) is 10.2. The Balaban J connectivity index is 1.10. The summed E-state index contributed by atoms with van der Waals surface area (Å²) in [4.78, 5) is 21.7. The van der Waals surface area contributed by atoms with Gasteiger partial charge < -0.3 is 10.2 Å². The van der Waals surface area contributed by atoms with Crippen LogP contribution in [0.2, 0.25) is 0 Å². The van der Waals surface area contributed by atoms with Crippen LogP contribution in [0, 0.1) is 11.6 Å². The molecule has 0 aliphatic carbocycles. The number of piperidine rings is 1. The van der Waals surface area contributed by atoms with Gasteiger partial charge in [-0.05, 0) is 43.7 Å². The normalized spacial score (nSPS) is 17.6. The number of carbonyl (C=O) groups excluding carboxylic acids is 1. The standard InChI is InChI=1S/C30H30F2N6O/c31-25-9-4-10-26(32)23(25)18-37-14-5-8-22(17-37)34-30(39)38-15-13-28-24(19-38)29(36-35-28)21-11-12-27(33-16-21)20-6-2-1-3-7-20/h1-4,6-7,9-12,16,22H,5,8,13-15,17-19H2,(H,34,39)(H,35,36)/t22-/m1/s1. The van der Waals surface area contributed by atoms with Crippen LogP contribution in [-0.4, -0.2) is 56.7 Å². The molecule has 4 aromatic rings. The molecule has 200 valence electrons. The zero-order valence-electron chi connectivity index (χ0n) is 21.5. The number of carbonyl (C=O) groups is 1. The number of H-pyrrole nitrogens is 1. The van der Waals surface area contributed by atoms with E-state index in [1.807, 2.05) is 58.5 Å². The van der Waals surface area contributed by atoms with Gasteiger partial charge in [-0.1, -0.05) is 36.4 Å². The fourth-order valence-corrected chi connectivity index (χ4v) is 5.51. The number of fused-ring (bicyclic) bond motifs is 1. The molecule has 7 nitrogen and oxygen atoms in total. The summed E-state index contributed by atoms with van der Waals surface area (Å²) in [5.41, 5.74) is 5.78. The van der Waals surface area contributed by atoms with E-state index in [1.54, 1.807) is 0 Å². The smallest absolute Gasteiger partial charge is 0.317 e. The molecule has 2 aliphatic heterocycles. The first-order chi connectivity index (χ1) is 19.0. The van der Waals surface area contributed by atoms with E-state index in [0.717, 1.165) is 53.2 Å². The summed E-state index contributed by atoms with van der Waals surface area (Å²) < 4.78 is 28.3. The Bertz CT molecular complexity index is 1440. The summed E-state index contributed by atoms with van der Waals surface area (Å²) in [5, 5.41) is 10.9. The average Bonchev–Trinajstić information content (AvgIpc) is 3.39. The van der Waals surface area contributed by atoms with Gasteiger partial charge in [0.1, 0.15) is 11.6 Å². The fraction of sp³-hybridized carbons (Fsp3) is 0.300. The van der Waals surface area contributed by atoms with Crippen molar-refractivity contribution >= 4 is 6.03 Å². The number of likely N-dealkylation sites (tertiary alicyclic amines) is 1. The highest BCUT2D eigenvalue weighted by Gasteiger charge is 2.29. The molecule has 1 saturated heterocycles. The van der Waals surface area contributed by atoms with Crippen LogP contribution in [-0.2, 0) is 19.5 Å². The number of hydrogen-bond acceptors (Lipinski definition) is 4. The van der Waals surface area contributed by atoms with E-state index in [1.165, 1.54) is 18.2 Å². The summed E-state index contributed by atoms with van der Waals surface area (Å²) >= 11 is 0. The lowest BCUT2D eigenvalue weighted by Gasteiger charge is -2.35. The SMILES string of the molecule is O=C(N[C@@H]1CCCN(Cc2c(F)cccc2F)C1)N1CCc2[nH]nc(-c3ccc(-c4ccccc4)nc3)c2C1. The van der Waals surface area contributed by atoms with Crippen molar-refractivity contribution in [2.75, 3.05) is 19.6 Å². The van der Waals surface area contributed by atoms with Crippen molar-refractivity contribution in [1.29, 1.82) is 0 Å². The Labute approximate surface area is 225 Å². The molecule has 4 heterocycles. The molecule has 39 heavy (non-hydrogen) atoms. The zero-order chi connectivity index (χ0) is 26.8. The third-order valence-corrected chi connectivity index (χ3v) is 7.60. The van der Waals surface area contributed by atoms with Crippen LogP contribution < -0.4 is 5.32 Å². The molecule has 0 unspecified atom stereocenters.